The standard InChI is InChI=1S/C18H23NO4S/c1-4-14(3)19-18(20)17-9-8-16(23-17)12-24(21,22)11-15-7-5-6-13(2)10-15/h5-10,14H,4,11-12H2,1-3H3,(H,19,20). The minimum absolute atomic E-state index is 0.0381. The fourth-order valence-electron chi connectivity index (χ4n) is 2.30. The largest absolute Gasteiger partial charge is 0.455 e. The molecule has 2 aromatic rings. The highest BCUT2D eigenvalue weighted by Crippen LogP contribution is 2.16. The Hall–Kier alpha value is -2.08. The first-order valence-electron chi connectivity index (χ1n) is 7.94. The third-order valence-corrected chi connectivity index (χ3v) is 5.20. The van der Waals surface area contributed by atoms with E-state index in [0.29, 0.717) is 0 Å². The highest BCUT2D eigenvalue weighted by atomic mass is 32.2. The number of hydrogen-bond acceptors (Lipinski definition) is 4. The summed E-state index contributed by atoms with van der Waals surface area (Å²) in [6, 6.07) is 10.5. The van der Waals surface area contributed by atoms with Gasteiger partial charge in [-0.15, -0.1) is 0 Å². The molecular weight excluding hydrogens is 326 g/mol. The number of furan rings is 1. The van der Waals surface area contributed by atoms with Gasteiger partial charge in [0.05, 0.1) is 5.75 Å². The summed E-state index contributed by atoms with van der Waals surface area (Å²) in [5, 5.41) is 2.79. The first-order chi connectivity index (χ1) is 11.3. The summed E-state index contributed by atoms with van der Waals surface area (Å²) >= 11 is 0. The van der Waals surface area contributed by atoms with Crippen molar-refractivity contribution in [2.45, 2.75) is 44.7 Å². The van der Waals surface area contributed by atoms with Gasteiger partial charge in [-0.25, -0.2) is 8.42 Å². The summed E-state index contributed by atoms with van der Waals surface area (Å²) in [5.74, 6) is -0.193. The Kier molecular flexibility index (Phi) is 5.83. The molecule has 0 bridgehead atoms. The Morgan fingerprint density at radius 1 is 1.21 bits per heavy atom. The molecule has 1 amide bonds. The van der Waals surface area contributed by atoms with E-state index in [1.165, 1.54) is 6.07 Å². The Morgan fingerprint density at radius 3 is 2.62 bits per heavy atom. The quantitative estimate of drug-likeness (QED) is 0.832. The number of sulfone groups is 1. The van der Waals surface area contributed by atoms with Gasteiger partial charge in [0.15, 0.2) is 15.6 Å². The van der Waals surface area contributed by atoms with Crippen LogP contribution in [0.15, 0.2) is 40.8 Å². The third-order valence-electron chi connectivity index (χ3n) is 3.71. The van der Waals surface area contributed by atoms with Crippen LogP contribution in [0.1, 0.15) is 47.7 Å². The predicted molar refractivity (Wildman–Crippen MR) is 93.4 cm³/mol. The van der Waals surface area contributed by atoms with Gasteiger partial charge in [0, 0.05) is 6.04 Å². The Morgan fingerprint density at radius 2 is 1.96 bits per heavy atom. The normalized spacial score (nSPS) is 12.8. The molecule has 0 spiro atoms. The summed E-state index contributed by atoms with van der Waals surface area (Å²) in [5.41, 5.74) is 1.76. The average Bonchev–Trinajstić information content (AvgIpc) is 2.94. The van der Waals surface area contributed by atoms with Gasteiger partial charge >= 0.3 is 0 Å². The SMILES string of the molecule is CCC(C)NC(=O)c1ccc(CS(=O)(=O)Cc2cccc(C)c2)o1. The summed E-state index contributed by atoms with van der Waals surface area (Å²) < 4.78 is 30.0. The van der Waals surface area contributed by atoms with Gasteiger partial charge in [-0.1, -0.05) is 36.8 Å². The average molecular weight is 349 g/mol. The molecule has 0 aliphatic carbocycles. The van der Waals surface area contributed by atoms with Crippen molar-refractivity contribution in [2.24, 2.45) is 0 Å². The van der Waals surface area contributed by atoms with E-state index in [0.717, 1.165) is 17.5 Å². The first-order valence-corrected chi connectivity index (χ1v) is 9.76. The van der Waals surface area contributed by atoms with Crippen LogP contribution in [0.5, 0.6) is 0 Å². The van der Waals surface area contributed by atoms with E-state index < -0.39 is 9.84 Å². The van der Waals surface area contributed by atoms with Crippen molar-refractivity contribution in [1.82, 2.24) is 5.32 Å². The van der Waals surface area contributed by atoms with Gasteiger partial charge in [-0.3, -0.25) is 4.79 Å². The smallest absolute Gasteiger partial charge is 0.287 e. The molecule has 6 heteroatoms. The number of benzene rings is 1. The molecule has 2 rings (SSSR count). The lowest BCUT2D eigenvalue weighted by Crippen LogP contribution is -2.31. The van der Waals surface area contributed by atoms with E-state index in [-0.39, 0.29) is 35.0 Å². The lowest BCUT2D eigenvalue weighted by atomic mass is 10.2. The molecule has 1 unspecified atom stereocenters. The van der Waals surface area contributed by atoms with Gasteiger partial charge in [-0.05, 0) is 38.0 Å². The maximum atomic E-state index is 12.3. The second-order valence-electron chi connectivity index (χ2n) is 6.07. The predicted octanol–water partition coefficient (Wildman–Crippen LogP) is 3.23. The van der Waals surface area contributed by atoms with E-state index >= 15 is 0 Å². The van der Waals surface area contributed by atoms with Crippen molar-refractivity contribution in [2.75, 3.05) is 0 Å². The Balaban J connectivity index is 2.04. The van der Waals surface area contributed by atoms with Crippen LogP contribution in [0.3, 0.4) is 0 Å². The molecule has 1 aromatic carbocycles. The van der Waals surface area contributed by atoms with Crippen LogP contribution >= 0.6 is 0 Å². The molecule has 0 aliphatic rings. The number of rotatable bonds is 7. The zero-order valence-corrected chi connectivity index (χ0v) is 15.0. The number of carbonyl (C=O) groups excluding carboxylic acids is 1. The molecule has 0 radical (unpaired) electrons. The number of aryl methyl sites for hydroxylation is 1. The van der Waals surface area contributed by atoms with Gasteiger partial charge in [0.25, 0.3) is 5.91 Å². The molecule has 0 fully saturated rings. The molecule has 130 valence electrons. The highest BCUT2D eigenvalue weighted by Gasteiger charge is 2.18. The molecule has 1 heterocycles. The number of hydrogen-bond donors (Lipinski definition) is 1. The molecule has 1 aromatic heterocycles. The molecule has 0 aliphatic heterocycles. The number of nitrogens with one attached hydrogen (secondary N) is 1. The molecule has 1 N–H and O–H groups in total. The third kappa shape index (κ3) is 5.23. The molecule has 0 saturated carbocycles. The maximum Gasteiger partial charge on any atom is 0.287 e. The van der Waals surface area contributed by atoms with Crippen LogP contribution in [-0.2, 0) is 21.3 Å². The van der Waals surface area contributed by atoms with E-state index in [4.69, 9.17) is 4.42 Å². The first kappa shape index (κ1) is 18.3. The van der Waals surface area contributed by atoms with Crippen LogP contribution in [-0.4, -0.2) is 20.4 Å². The minimum Gasteiger partial charge on any atom is -0.455 e. The minimum atomic E-state index is -3.37. The second kappa shape index (κ2) is 7.66. The van der Waals surface area contributed by atoms with Crippen molar-refractivity contribution in [3.05, 3.63) is 59.0 Å². The van der Waals surface area contributed by atoms with Gasteiger partial charge in [0.2, 0.25) is 0 Å². The topological polar surface area (TPSA) is 76.4 Å². The van der Waals surface area contributed by atoms with E-state index in [1.54, 1.807) is 12.1 Å². The Labute approximate surface area is 143 Å². The van der Waals surface area contributed by atoms with Crippen molar-refractivity contribution < 1.29 is 17.6 Å². The summed E-state index contributed by atoms with van der Waals surface area (Å²) in [6.07, 6.45) is 0.810. The van der Waals surface area contributed by atoms with Gasteiger partial charge in [-0.2, -0.15) is 0 Å². The van der Waals surface area contributed by atoms with Crippen molar-refractivity contribution >= 4 is 15.7 Å². The highest BCUT2D eigenvalue weighted by molar-refractivity contribution is 7.89. The molecule has 1 atom stereocenters. The lowest BCUT2D eigenvalue weighted by Gasteiger charge is -2.09. The van der Waals surface area contributed by atoms with Gasteiger partial charge in [0.1, 0.15) is 11.5 Å². The van der Waals surface area contributed by atoms with Crippen molar-refractivity contribution in [3.8, 4) is 0 Å². The van der Waals surface area contributed by atoms with Crippen molar-refractivity contribution in [1.29, 1.82) is 0 Å². The van der Waals surface area contributed by atoms with Crippen LogP contribution in [0.2, 0.25) is 0 Å². The van der Waals surface area contributed by atoms with E-state index in [1.807, 2.05) is 39.0 Å². The molecular formula is C18H23NO4S. The van der Waals surface area contributed by atoms with E-state index in [2.05, 4.69) is 5.32 Å². The van der Waals surface area contributed by atoms with Crippen LogP contribution in [0.25, 0.3) is 0 Å². The summed E-state index contributed by atoms with van der Waals surface area (Å²) in [4.78, 5) is 12.0. The fourth-order valence-corrected chi connectivity index (χ4v) is 3.68. The Bertz CT molecular complexity index is 808. The molecule has 5 nitrogen and oxygen atoms in total. The van der Waals surface area contributed by atoms with E-state index in [9.17, 15) is 13.2 Å². The van der Waals surface area contributed by atoms with Gasteiger partial charge < -0.3 is 9.73 Å². The maximum absolute atomic E-state index is 12.3. The zero-order valence-electron chi connectivity index (χ0n) is 14.2. The van der Waals surface area contributed by atoms with Crippen LogP contribution < -0.4 is 5.32 Å². The zero-order chi connectivity index (χ0) is 17.7. The molecule has 24 heavy (non-hydrogen) atoms. The van der Waals surface area contributed by atoms with Crippen LogP contribution in [0, 0.1) is 6.92 Å². The van der Waals surface area contributed by atoms with Crippen LogP contribution in [0.4, 0.5) is 0 Å². The summed E-state index contributed by atoms with van der Waals surface area (Å²) in [6.45, 7) is 5.79. The summed E-state index contributed by atoms with van der Waals surface area (Å²) in [7, 11) is -3.37. The second-order valence-corrected chi connectivity index (χ2v) is 8.13. The number of carbonyl (C=O) groups is 1. The lowest BCUT2D eigenvalue weighted by molar-refractivity contribution is 0.0909. The fraction of sp³-hybridized carbons (Fsp3) is 0.389. The van der Waals surface area contributed by atoms with Crippen molar-refractivity contribution in [3.63, 3.8) is 0 Å². The molecule has 0 saturated heterocycles. The monoisotopic (exact) mass is 349 g/mol. The number of amides is 1.